The Bertz CT molecular complexity index is 952. The van der Waals surface area contributed by atoms with Crippen molar-refractivity contribution in [1.29, 1.82) is 0 Å². The topological polar surface area (TPSA) is 78.5 Å². The van der Waals surface area contributed by atoms with Crippen molar-refractivity contribution in [3.05, 3.63) is 51.2 Å². The Labute approximate surface area is 161 Å². The molecule has 1 aliphatic carbocycles. The van der Waals surface area contributed by atoms with Gasteiger partial charge in [0.05, 0.1) is 0 Å². The van der Waals surface area contributed by atoms with E-state index in [2.05, 4.69) is 10.6 Å². The number of carbonyl (C=O) groups is 3. The second kappa shape index (κ2) is 6.49. The predicted molar refractivity (Wildman–Crippen MR) is 104 cm³/mol. The van der Waals surface area contributed by atoms with Crippen molar-refractivity contribution in [2.75, 3.05) is 11.9 Å². The molecule has 140 valence electrons. The molecule has 2 aliphatic rings. The molecule has 27 heavy (non-hydrogen) atoms. The summed E-state index contributed by atoms with van der Waals surface area (Å²) >= 11 is 1.61. The highest BCUT2D eigenvalue weighted by molar-refractivity contribution is 7.10. The largest absolute Gasteiger partial charge is 0.325 e. The number of anilines is 1. The summed E-state index contributed by atoms with van der Waals surface area (Å²) in [5, 5.41) is 7.61. The molecule has 4 rings (SSSR count). The zero-order valence-corrected chi connectivity index (χ0v) is 16.1. The number of rotatable bonds is 3. The summed E-state index contributed by atoms with van der Waals surface area (Å²) in [5.74, 6) is -0.716. The van der Waals surface area contributed by atoms with Gasteiger partial charge in [0.2, 0.25) is 5.91 Å². The molecule has 1 atom stereocenters. The number of fused-ring (bicyclic) bond motifs is 2. The number of nitrogens with zero attached hydrogens (tertiary/aromatic N) is 1. The molecular weight excluding hydrogens is 362 g/mol. The van der Waals surface area contributed by atoms with Crippen LogP contribution in [0.15, 0.2) is 29.6 Å². The first-order chi connectivity index (χ1) is 12.9. The Hall–Kier alpha value is -2.67. The lowest BCUT2D eigenvalue weighted by molar-refractivity contribution is -0.134. The van der Waals surface area contributed by atoms with Crippen molar-refractivity contribution in [1.82, 2.24) is 10.2 Å². The second-order valence-corrected chi connectivity index (χ2v) is 8.21. The summed E-state index contributed by atoms with van der Waals surface area (Å²) in [6.45, 7) is 3.60. The third-order valence-corrected chi connectivity index (χ3v) is 6.27. The van der Waals surface area contributed by atoms with Gasteiger partial charge >= 0.3 is 6.03 Å². The van der Waals surface area contributed by atoms with Crippen LogP contribution in [0, 0.1) is 13.8 Å². The summed E-state index contributed by atoms with van der Waals surface area (Å²) < 4.78 is 0. The van der Waals surface area contributed by atoms with Gasteiger partial charge in [0.1, 0.15) is 12.1 Å². The second-order valence-electron chi connectivity index (χ2n) is 7.20. The summed E-state index contributed by atoms with van der Waals surface area (Å²) in [6, 6.07) is 7.12. The van der Waals surface area contributed by atoms with E-state index in [4.69, 9.17) is 0 Å². The Morgan fingerprint density at radius 1 is 1.30 bits per heavy atom. The van der Waals surface area contributed by atoms with E-state index in [1.165, 1.54) is 0 Å². The molecule has 1 spiro atoms. The molecular formula is C20H21N3O3S. The van der Waals surface area contributed by atoms with E-state index < -0.39 is 11.6 Å². The van der Waals surface area contributed by atoms with Gasteiger partial charge in [-0.1, -0.05) is 17.7 Å². The summed E-state index contributed by atoms with van der Waals surface area (Å²) in [7, 11) is 0. The van der Waals surface area contributed by atoms with Gasteiger partial charge in [-0.05, 0) is 56.2 Å². The highest BCUT2D eigenvalue weighted by Gasteiger charge is 2.54. The van der Waals surface area contributed by atoms with E-state index >= 15 is 0 Å². The summed E-state index contributed by atoms with van der Waals surface area (Å²) in [6.07, 6.45) is 2.32. The molecule has 0 bridgehead atoms. The van der Waals surface area contributed by atoms with Gasteiger partial charge in [0, 0.05) is 16.1 Å². The number of thiophene rings is 1. The first kappa shape index (κ1) is 17.7. The first-order valence-corrected chi connectivity index (χ1v) is 9.87. The van der Waals surface area contributed by atoms with Crippen LogP contribution in [0.5, 0.6) is 0 Å². The van der Waals surface area contributed by atoms with E-state index in [0.717, 1.165) is 39.3 Å². The number of carbonyl (C=O) groups excluding carboxylic acids is 3. The number of amides is 4. The lowest BCUT2D eigenvalue weighted by Gasteiger charge is -2.31. The average Bonchev–Trinajstić information content (AvgIpc) is 3.18. The number of hydrogen-bond donors (Lipinski definition) is 2. The zero-order valence-electron chi connectivity index (χ0n) is 15.3. The van der Waals surface area contributed by atoms with Gasteiger partial charge in [-0.2, -0.15) is 0 Å². The van der Waals surface area contributed by atoms with Gasteiger partial charge in [0.25, 0.3) is 5.91 Å². The Balaban J connectivity index is 1.53. The number of benzene rings is 1. The molecule has 0 unspecified atom stereocenters. The van der Waals surface area contributed by atoms with Gasteiger partial charge in [-0.15, -0.1) is 11.3 Å². The van der Waals surface area contributed by atoms with E-state index in [-0.39, 0.29) is 18.4 Å². The lowest BCUT2D eigenvalue weighted by atomic mass is 9.80. The molecule has 7 heteroatoms. The zero-order chi connectivity index (χ0) is 19.2. The Kier molecular flexibility index (Phi) is 4.26. The highest BCUT2D eigenvalue weighted by atomic mass is 32.1. The van der Waals surface area contributed by atoms with Gasteiger partial charge in [-0.25, -0.2) is 4.79 Å². The first-order valence-electron chi connectivity index (χ1n) is 8.99. The molecule has 0 radical (unpaired) electrons. The van der Waals surface area contributed by atoms with Crippen LogP contribution in [0.2, 0.25) is 0 Å². The minimum atomic E-state index is -1.01. The predicted octanol–water partition coefficient (Wildman–Crippen LogP) is 3.09. The van der Waals surface area contributed by atoms with Crippen molar-refractivity contribution in [3.63, 3.8) is 0 Å². The molecule has 1 aromatic carbocycles. The molecule has 1 saturated heterocycles. The number of nitrogens with one attached hydrogen (secondary N) is 2. The van der Waals surface area contributed by atoms with Crippen LogP contribution in [0.4, 0.5) is 10.5 Å². The fraction of sp³-hybridized carbons (Fsp3) is 0.350. The Morgan fingerprint density at radius 2 is 2.11 bits per heavy atom. The van der Waals surface area contributed by atoms with Crippen LogP contribution in [-0.4, -0.2) is 29.3 Å². The minimum absolute atomic E-state index is 0.292. The monoisotopic (exact) mass is 383 g/mol. The smallest absolute Gasteiger partial charge is 0.324 e. The van der Waals surface area contributed by atoms with Crippen molar-refractivity contribution in [2.45, 2.75) is 38.6 Å². The summed E-state index contributed by atoms with van der Waals surface area (Å²) in [5.41, 5.74) is 2.60. The number of hydrogen-bond acceptors (Lipinski definition) is 4. The number of aryl methyl sites for hydroxylation is 3. The van der Waals surface area contributed by atoms with Crippen LogP contribution >= 0.6 is 11.3 Å². The van der Waals surface area contributed by atoms with Crippen molar-refractivity contribution in [3.8, 4) is 0 Å². The molecule has 0 saturated carbocycles. The Morgan fingerprint density at radius 3 is 2.89 bits per heavy atom. The third kappa shape index (κ3) is 2.92. The van der Waals surface area contributed by atoms with Crippen LogP contribution in [-0.2, 0) is 21.5 Å². The maximum absolute atomic E-state index is 13.1. The van der Waals surface area contributed by atoms with Crippen LogP contribution in [0.1, 0.15) is 34.4 Å². The molecule has 1 aromatic heterocycles. The maximum atomic E-state index is 13.1. The van der Waals surface area contributed by atoms with Crippen molar-refractivity contribution in [2.24, 2.45) is 0 Å². The molecule has 6 nitrogen and oxygen atoms in total. The van der Waals surface area contributed by atoms with Crippen LogP contribution in [0.25, 0.3) is 0 Å². The normalized spacial score (nSPS) is 21.3. The average molecular weight is 383 g/mol. The molecule has 1 aliphatic heterocycles. The van der Waals surface area contributed by atoms with E-state index in [9.17, 15) is 14.4 Å². The maximum Gasteiger partial charge on any atom is 0.325 e. The van der Waals surface area contributed by atoms with Crippen molar-refractivity contribution >= 4 is 34.9 Å². The highest BCUT2D eigenvalue weighted by Crippen LogP contribution is 2.42. The van der Waals surface area contributed by atoms with Gasteiger partial charge in [0.15, 0.2) is 0 Å². The fourth-order valence-corrected chi connectivity index (χ4v) is 4.97. The summed E-state index contributed by atoms with van der Waals surface area (Å²) in [4.78, 5) is 40.3. The number of urea groups is 1. The molecule has 2 aromatic rings. The minimum Gasteiger partial charge on any atom is -0.324 e. The molecule has 2 heterocycles. The van der Waals surface area contributed by atoms with E-state index in [1.54, 1.807) is 11.3 Å². The van der Waals surface area contributed by atoms with E-state index in [0.29, 0.717) is 12.1 Å². The molecule has 1 fully saturated rings. The quantitative estimate of drug-likeness (QED) is 0.800. The standard InChI is InChI=1S/C20H21N3O3S/c1-12-5-6-15(13(2)10-12)21-17(24)11-23-18(25)20(22-19(23)26)8-3-4-16-14(20)7-9-27-16/h5-7,9-10H,3-4,8,11H2,1-2H3,(H,21,24)(H,22,26)/t20-/m0/s1. The lowest BCUT2D eigenvalue weighted by Crippen LogP contribution is -2.46. The number of imide groups is 1. The molecule has 2 N–H and O–H groups in total. The van der Waals surface area contributed by atoms with Crippen LogP contribution < -0.4 is 10.6 Å². The van der Waals surface area contributed by atoms with Crippen LogP contribution in [0.3, 0.4) is 0 Å². The van der Waals surface area contributed by atoms with E-state index in [1.807, 2.05) is 43.5 Å². The van der Waals surface area contributed by atoms with Crippen molar-refractivity contribution < 1.29 is 14.4 Å². The molecule has 4 amide bonds. The van der Waals surface area contributed by atoms with Gasteiger partial charge in [-0.3, -0.25) is 14.5 Å². The SMILES string of the molecule is Cc1ccc(NC(=O)CN2C(=O)N[C@]3(CCCc4sccc43)C2=O)c(C)c1. The fourth-order valence-electron chi connectivity index (χ4n) is 3.97. The van der Waals surface area contributed by atoms with Gasteiger partial charge < -0.3 is 10.6 Å². The third-order valence-electron chi connectivity index (χ3n) is 5.29.